The van der Waals surface area contributed by atoms with E-state index in [9.17, 15) is 4.79 Å². The molecule has 1 fully saturated rings. The van der Waals surface area contributed by atoms with Crippen LogP contribution in [0.4, 0.5) is 4.79 Å². The highest BCUT2D eigenvalue weighted by Crippen LogP contribution is 2.12. The number of aromatic nitrogens is 1. The molecule has 0 radical (unpaired) electrons. The number of hydrogen-bond acceptors (Lipinski definition) is 4. The molecular formula is C14H21N3O2. The Bertz CT molecular complexity index is 389. The molecule has 1 amide bonds. The summed E-state index contributed by atoms with van der Waals surface area (Å²) in [5, 5.41) is 3.51. The first-order valence-electron chi connectivity index (χ1n) is 6.83. The highest BCUT2D eigenvalue weighted by molar-refractivity contribution is 5.67. The number of amides is 1. The Balaban J connectivity index is 1.70. The van der Waals surface area contributed by atoms with Crippen molar-refractivity contribution in [2.75, 3.05) is 19.7 Å². The van der Waals surface area contributed by atoms with Crippen LogP contribution in [-0.4, -0.2) is 41.7 Å². The molecule has 0 saturated carbocycles. The number of likely N-dealkylation sites (tertiary alicyclic amines) is 1. The quantitative estimate of drug-likeness (QED) is 0.900. The normalized spacial score (nSPS) is 16.4. The first kappa shape index (κ1) is 13.8. The number of ether oxygens (including phenoxy) is 1. The zero-order chi connectivity index (χ0) is 13.5. The lowest BCUT2D eigenvalue weighted by Gasteiger charge is -2.31. The van der Waals surface area contributed by atoms with Gasteiger partial charge in [-0.15, -0.1) is 0 Å². The highest BCUT2D eigenvalue weighted by atomic mass is 16.6. The number of pyridine rings is 1. The summed E-state index contributed by atoms with van der Waals surface area (Å²) in [6, 6.07) is 4.47. The molecule has 0 bridgehead atoms. The molecule has 2 heterocycles. The first-order chi connectivity index (χ1) is 9.29. The zero-order valence-electron chi connectivity index (χ0n) is 11.3. The average molecular weight is 263 g/mol. The third-order valence-electron chi connectivity index (χ3n) is 3.34. The molecule has 5 heteroatoms. The van der Waals surface area contributed by atoms with Crippen LogP contribution < -0.4 is 5.32 Å². The molecule has 1 aromatic heterocycles. The first-order valence-corrected chi connectivity index (χ1v) is 6.83. The van der Waals surface area contributed by atoms with Crippen molar-refractivity contribution in [1.82, 2.24) is 15.2 Å². The molecule has 104 valence electrons. The molecule has 0 aromatic carbocycles. The van der Waals surface area contributed by atoms with Crippen molar-refractivity contribution in [3.63, 3.8) is 0 Å². The number of piperidine rings is 1. The molecule has 1 N–H and O–H groups in total. The van der Waals surface area contributed by atoms with E-state index in [1.54, 1.807) is 11.1 Å². The van der Waals surface area contributed by atoms with E-state index in [1.807, 2.05) is 19.2 Å². The van der Waals surface area contributed by atoms with E-state index < -0.39 is 0 Å². The molecule has 5 nitrogen and oxygen atoms in total. The number of nitrogens with one attached hydrogen (secondary N) is 1. The minimum absolute atomic E-state index is 0.187. The van der Waals surface area contributed by atoms with Gasteiger partial charge in [-0.2, -0.15) is 0 Å². The fourth-order valence-electron chi connectivity index (χ4n) is 2.25. The van der Waals surface area contributed by atoms with E-state index in [0.29, 0.717) is 12.6 Å². The maximum Gasteiger partial charge on any atom is 0.409 e. The number of rotatable bonds is 4. The van der Waals surface area contributed by atoms with Crippen LogP contribution in [0.15, 0.2) is 24.5 Å². The van der Waals surface area contributed by atoms with E-state index in [0.717, 1.165) is 32.5 Å². The van der Waals surface area contributed by atoms with Crippen LogP contribution in [0, 0.1) is 0 Å². The summed E-state index contributed by atoms with van der Waals surface area (Å²) in [5.74, 6) is 0. The van der Waals surface area contributed by atoms with E-state index in [2.05, 4.69) is 16.4 Å². The summed E-state index contributed by atoms with van der Waals surface area (Å²) in [7, 11) is 0. The molecule has 19 heavy (non-hydrogen) atoms. The molecule has 0 aliphatic carbocycles. The van der Waals surface area contributed by atoms with Crippen LogP contribution in [0.1, 0.15) is 25.3 Å². The number of carbonyl (C=O) groups is 1. The van der Waals surface area contributed by atoms with Gasteiger partial charge in [0.15, 0.2) is 0 Å². The molecule has 1 aliphatic rings. The van der Waals surface area contributed by atoms with Gasteiger partial charge in [0, 0.05) is 38.1 Å². The Morgan fingerprint density at radius 3 is 2.95 bits per heavy atom. The molecule has 2 rings (SSSR count). The third kappa shape index (κ3) is 4.21. The monoisotopic (exact) mass is 263 g/mol. The molecule has 1 saturated heterocycles. The van der Waals surface area contributed by atoms with Gasteiger partial charge < -0.3 is 15.0 Å². The Hall–Kier alpha value is -1.62. The van der Waals surface area contributed by atoms with Gasteiger partial charge in [-0.1, -0.05) is 6.07 Å². The van der Waals surface area contributed by atoms with Crippen molar-refractivity contribution in [1.29, 1.82) is 0 Å². The predicted molar refractivity (Wildman–Crippen MR) is 72.7 cm³/mol. The zero-order valence-corrected chi connectivity index (χ0v) is 11.3. The number of hydrogen-bond donors (Lipinski definition) is 1. The number of nitrogens with zero attached hydrogens (tertiary/aromatic N) is 2. The second-order valence-electron chi connectivity index (χ2n) is 4.70. The maximum atomic E-state index is 11.6. The van der Waals surface area contributed by atoms with Crippen molar-refractivity contribution in [2.45, 2.75) is 32.4 Å². The Morgan fingerprint density at radius 1 is 1.53 bits per heavy atom. The van der Waals surface area contributed by atoms with Gasteiger partial charge in [-0.25, -0.2) is 4.79 Å². The van der Waals surface area contributed by atoms with Crippen LogP contribution >= 0.6 is 0 Å². The van der Waals surface area contributed by atoms with Gasteiger partial charge in [-0.3, -0.25) is 4.98 Å². The minimum Gasteiger partial charge on any atom is -0.450 e. The van der Waals surface area contributed by atoms with Crippen LogP contribution in [0.25, 0.3) is 0 Å². The summed E-state index contributed by atoms with van der Waals surface area (Å²) in [6.07, 6.45) is 5.41. The largest absolute Gasteiger partial charge is 0.450 e. The van der Waals surface area contributed by atoms with Crippen LogP contribution in [0.3, 0.4) is 0 Å². The Kier molecular flexibility index (Phi) is 5.15. The van der Waals surface area contributed by atoms with Crippen LogP contribution in [-0.2, 0) is 11.3 Å². The molecule has 0 atom stereocenters. The lowest BCUT2D eigenvalue weighted by atomic mass is 10.1. The van der Waals surface area contributed by atoms with Gasteiger partial charge in [0.1, 0.15) is 0 Å². The lowest BCUT2D eigenvalue weighted by Crippen LogP contribution is -2.44. The number of carbonyl (C=O) groups excluding carboxylic acids is 1. The minimum atomic E-state index is -0.187. The lowest BCUT2D eigenvalue weighted by molar-refractivity contribution is 0.0950. The Morgan fingerprint density at radius 2 is 2.32 bits per heavy atom. The van der Waals surface area contributed by atoms with E-state index >= 15 is 0 Å². The predicted octanol–water partition coefficient (Wildman–Crippen LogP) is 1.79. The smallest absolute Gasteiger partial charge is 0.409 e. The molecule has 0 spiro atoms. The van der Waals surface area contributed by atoms with Gasteiger partial charge in [0.25, 0.3) is 0 Å². The van der Waals surface area contributed by atoms with E-state index in [4.69, 9.17) is 4.74 Å². The molecular weight excluding hydrogens is 242 g/mol. The second-order valence-corrected chi connectivity index (χ2v) is 4.70. The van der Waals surface area contributed by atoms with Crippen molar-refractivity contribution in [2.24, 2.45) is 0 Å². The van der Waals surface area contributed by atoms with Gasteiger partial charge in [0.05, 0.1) is 6.61 Å². The summed E-state index contributed by atoms with van der Waals surface area (Å²) in [5.41, 5.74) is 1.19. The van der Waals surface area contributed by atoms with Crippen LogP contribution in [0.5, 0.6) is 0 Å². The van der Waals surface area contributed by atoms with Crippen molar-refractivity contribution >= 4 is 6.09 Å². The van der Waals surface area contributed by atoms with E-state index in [-0.39, 0.29) is 6.09 Å². The summed E-state index contributed by atoms with van der Waals surface area (Å²) in [6.45, 7) is 4.64. The van der Waals surface area contributed by atoms with Crippen LogP contribution in [0.2, 0.25) is 0 Å². The summed E-state index contributed by atoms with van der Waals surface area (Å²) >= 11 is 0. The standard InChI is InChI=1S/C14H21N3O2/c1-2-19-14(18)17-8-5-13(6-9-17)16-11-12-4-3-7-15-10-12/h3-4,7,10,13,16H,2,5-6,8-9,11H2,1H3. The third-order valence-corrected chi connectivity index (χ3v) is 3.34. The van der Waals surface area contributed by atoms with Gasteiger partial charge in [0.2, 0.25) is 0 Å². The fourth-order valence-corrected chi connectivity index (χ4v) is 2.25. The average Bonchev–Trinajstić information content (AvgIpc) is 2.47. The summed E-state index contributed by atoms with van der Waals surface area (Å²) in [4.78, 5) is 17.4. The molecule has 1 aromatic rings. The molecule has 0 unspecified atom stereocenters. The Labute approximate surface area is 114 Å². The van der Waals surface area contributed by atoms with Crippen molar-refractivity contribution in [3.8, 4) is 0 Å². The second kappa shape index (κ2) is 7.09. The van der Waals surface area contributed by atoms with Gasteiger partial charge in [-0.05, 0) is 31.4 Å². The maximum absolute atomic E-state index is 11.6. The topological polar surface area (TPSA) is 54.5 Å². The summed E-state index contributed by atoms with van der Waals surface area (Å²) < 4.78 is 5.00. The van der Waals surface area contributed by atoms with Crippen molar-refractivity contribution < 1.29 is 9.53 Å². The van der Waals surface area contributed by atoms with Crippen molar-refractivity contribution in [3.05, 3.63) is 30.1 Å². The SMILES string of the molecule is CCOC(=O)N1CCC(NCc2cccnc2)CC1. The fraction of sp³-hybridized carbons (Fsp3) is 0.571. The van der Waals surface area contributed by atoms with Gasteiger partial charge >= 0.3 is 6.09 Å². The van der Waals surface area contributed by atoms with E-state index in [1.165, 1.54) is 5.56 Å². The highest BCUT2D eigenvalue weighted by Gasteiger charge is 2.22. The molecule has 1 aliphatic heterocycles.